The molecule has 0 aliphatic rings. The van der Waals surface area contributed by atoms with Crippen molar-refractivity contribution < 1.29 is 0 Å². The SMILES string of the molecule is CC(C)N(CC#N)CCc1cccs1. The Balaban J connectivity index is 2.38. The highest BCUT2D eigenvalue weighted by atomic mass is 32.1. The van der Waals surface area contributed by atoms with Crippen molar-refractivity contribution in [1.29, 1.82) is 5.26 Å². The van der Waals surface area contributed by atoms with Crippen LogP contribution in [0.4, 0.5) is 0 Å². The van der Waals surface area contributed by atoms with Crippen molar-refractivity contribution in [1.82, 2.24) is 4.90 Å². The van der Waals surface area contributed by atoms with Crippen molar-refractivity contribution in [2.24, 2.45) is 0 Å². The quantitative estimate of drug-likeness (QED) is 0.695. The van der Waals surface area contributed by atoms with Gasteiger partial charge in [-0.2, -0.15) is 5.26 Å². The van der Waals surface area contributed by atoms with E-state index in [0.717, 1.165) is 13.0 Å². The van der Waals surface area contributed by atoms with Crippen LogP contribution in [0.3, 0.4) is 0 Å². The van der Waals surface area contributed by atoms with Crippen LogP contribution >= 0.6 is 11.3 Å². The molecule has 1 rings (SSSR count). The average Bonchev–Trinajstić information content (AvgIpc) is 2.64. The van der Waals surface area contributed by atoms with Gasteiger partial charge in [-0.1, -0.05) is 6.07 Å². The summed E-state index contributed by atoms with van der Waals surface area (Å²) in [6.45, 7) is 5.77. The molecule has 0 bridgehead atoms. The molecule has 0 spiro atoms. The molecule has 0 saturated heterocycles. The molecule has 76 valence electrons. The van der Waals surface area contributed by atoms with Crippen LogP contribution in [0.25, 0.3) is 0 Å². The molecule has 0 unspecified atom stereocenters. The molecule has 2 nitrogen and oxygen atoms in total. The summed E-state index contributed by atoms with van der Waals surface area (Å²) in [6.07, 6.45) is 1.05. The second kappa shape index (κ2) is 5.79. The van der Waals surface area contributed by atoms with Gasteiger partial charge in [-0.15, -0.1) is 11.3 Å². The highest BCUT2D eigenvalue weighted by Gasteiger charge is 2.08. The summed E-state index contributed by atoms with van der Waals surface area (Å²) in [6, 6.07) is 6.88. The fourth-order valence-corrected chi connectivity index (χ4v) is 2.02. The van der Waals surface area contributed by atoms with Gasteiger partial charge in [0.05, 0.1) is 12.6 Å². The van der Waals surface area contributed by atoms with Crippen molar-refractivity contribution in [3.63, 3.8) is 0 Å². The highest BCUT2D eigenvalue weighted by molar-refractivity contribution is 7.09. The molecule has 1 aromatic heterocycles. The molecule has 0 radical (unpaired) electrons. The summed E-state index contributed by atoms with van der Waals surface area (Å²) >= 11 is 1.79. The number of hydrogen-bond donors (Lipinski definition) is 0. The molecule has 14 heavy (non-hydrogen) atoms. The normalized spacial score (nSPS) is 10.8. The van der Waals surface area contributed by atoms with Gasteiger partial charge in [0, 0.05) is 17.5 Å². The Morgan fingerprint density at radius 2 is 2.36 bits per heavy atom. The lowest BCUT2D eigenvalue weighted by atomic mass is 10.2. The topological polar surface area (TPSA) is 27.0 Å². The number of rotatable bonds is 5. The van der Waals surface area contributed by atoms with E-state index < -0.39 is 0 Å². The van der Waals surface area contributed by atoms with Gasteiger partial charge in [0.15, 0.2) is 0 Å². The summed E-state index contributed by atoms with van der Waals surface area (Å²) in [4.78, 5) is 3.59. The van der Waals surface area contributed by atoms with E-state index in [0.29, 0.717) is 12.6 Å². The Morgan fingerprint density at radius 1 is 1.57 bits per heavy atom. The molecule has 0 saturated carbocycles. The zero-order valence-electron chi connectivity index (χ0n) is 8.73. The van der Waals surface area contributed by atoms with Crippen LogP contribution in [0, 0.1) is 11.3 Å². The Morgan fingerprint density at radius 3 is 2.86 bits per heavy atom. The lowest BCUT2D eigenvalue weighted by Gasteiger charge is -2.22. The third-order valence-electron chi connectivity index (χ3n) is 2.23. The predicted octanol–water partition coefficient (Wildman–Crippen LogP) is 2.52. The fourth-order valence-electron chi connectivity index (χ4n) is 1.32. The van der Waals surface area contributed by atoms with Gasteiger partial charge in [0.25, 0.3) is 0 Å². The minimum Gasteiger partial charge on any atom is -0.288 e. The van der Waals surface area contributed by atoms with E-state index in [1.54, 1.807) is 11.3 Å². The Bertz CT molecular complexity index is 285. The van der Waals surface area contributed by atoms with Gasteiger partial charge in [-0.25, -0.2) is 0 Å². The lowest BCUT2D eigenvalue weighted by Crippen LogP contribution is -2.32. The van der Waals surface area contributed by atoms with Gasteiger partial charge in [-0.3, -0.25) is 4.90 Å². The van der Waals surface area contributed by atoms with Crippen molar-refractivity contribution >= 4 is 11.3 Å². The Kier molecular flexibility index (Phi) is 4.64. The van der Waals surface area contributed by atoms with Crippen LogP contribution in [0.1, 0.15) is 18.7 Å². The maximum Gasteiger partial charge on any atom is 0.0868 e. The van der Waals surface area contributed by atoms with Crippen LogP contribution in [0.2, 0.25) is 0 Å². The van der Waals surface area contributed by atoms with Gasteiger partial charge in [-0.05, 0) is 31.7 Å². The van der Waals surface area contributed by atoms with Crippen LogP contribution in [0.15, 0.2) is 17.5 Å². The van der Waals surface area contributed by atoms with Crippen molar-refractivity contribution in [3.05, 3.63) is 22.4 Å². The summed E-state index contributed by atoms with van der Waals surface area (Å²) in [7, 11) is 0. The van der Waals surface area contributed by atoms with Crippen LogP contribution in [-0.2, 0) is 6.42 Å². The van der Waals surface area contributed by atoms with Gasteiger partial charge >= 0.3 is 0 Å². The number of thiophene rings is 1. The van der Waals surface area contributed by atoms with Gasteiger partial charge in [0.1, 0.15) is 0 Å². The highest BCUT2D eigenvalue weighted by Crippen LogP contribution is 2.10. The largest absolute Gasteiger partial charge is 0.288 e. The average molecular weight is 208 g/mol. The lowest BCUT2D eigenvalue weighted by molar-refractivity contribution is 0.252. The molecule has 0 aromatic carbocycles. The Hall–Kier alpha value is -0.850. The predicted molar refractivity (Wildman–Crippen MR) is 60.3 cm³/mol. The maximum atomic E-state index is 8.65. The van der Waals surface area contributed by atoms with Crippen LogP contribution in [0.5, 0.6) is 0 Å². The van der Waals surface area contributed by atoms with E-state index >= 15 is 0 Å². The molecule has 0 amide bonds. The van der Waals surface area contributed by atoms with E-state index in [-0.39, 0.29) is 0 Å². The second-order valence-corrected chi connectivity index (χ2v) is 4.58. The molecule has 3 heteroatoms. The second-order valence-electron chi connectivity index (χ2n) is 3.55. The molecule has 0 atom stereocenters. The maximum absolute atomic E-state index is 8.65. The zero-order chi connectivity index (χ0) is 10.4. The molecular weight excluding hydrogens is 192 g/mol. The number of nitrogens with zero attached hydrogens (tertiary/aromatic N) is 2. The van der Waals surface area contributed by atoms with Crippen molar-refractivity contribution in [2.45, 2.75) is 26.3 Å². The fraction of sp³-hybridized carbons (Fsp3) is 0.545. The first kappa shape index (κ1) is 11.2. The minimum absolute atomic E-state index is 0.453. The van der Waals surface area contributed by atoms with E-state index in [1.165, 1.54) is 4.88 Å². The molecule has 1 aromatic rings. The smallest absolute Gasteiger partial charge is 0.0868 e. The molecule has 0 aliphatic heterocycles. The molecule has 0 fully saturated rings. The summed E-state index contributed by atoms with van der Waals surface area (Å²) in [5.74, 6) is 0. The minimum atomic E-state index is 0.453. The van der Waals surface area contributed by atoms with Gasteiger partial charge in [0.2, 0.25) is 0 Å². The molecular formula is C11H16N2S. The van der Waals surface area contributed by atoms with E-state index in [2.05, 4.69) is 42.3 Å². The first-order valence-corrected chi connectivity index (χ1v) is 5.75. The van der Waals surface area contributed by atoms with Crippen LogP contribution in [-0.4, -0.2) is 24.0 Å². The first-order chi connectivity index (χ1) is 6.74. The van der Waals surface area contributed by atoms with Crippen molar-refractivity contribution in [2.75, 3.05) is 13.1 Å². The zero-order valence-corrected chi connectivity index (χ0v) is 9.55. The number of nitriles is 1. The third kappa shape index (κ3) is 3.49. The number of hydrogen-bond acceptors (Lipinski definition) is 3. The summed E-state index contributed by atoms with van der Waals surface area (Å²) in [5.41, 5.74) is 0. The molecule has 0 N–H and O–H groups in total. The molecule has 0 aliphatic carbocycles. The third-order valence-corrected chi connectivity index (χ3v) is 3.17. The van der Waals surface area contributed by atoms with Crippen molar-refractivity contribution in [3.8, 4) is 6.07 Å². The first-order valence-electron chi connectivity index (χ1n) is 4.87. The van der Waals surface area contributed by atoms with E-state index in [4.69, 9.17) is 5.26 Å². The van der Waals surface area contributed by atoms with E-state index in [9.17, 15) is 0 Å². The van der Waals surface area contributed by atoms with Crippen LogP contribution < -0.4 is 0 Å². The summed E-state index contributed by atoms with van der Waals surface area (Å²) < 4.78 is 0. The van der Waals surface area contributed by atoms with Gasteiger partial charge < -0.3 is 0 Å². The standard InChI is InChI=1S/C11H16N2S/c1-10(2)13(8-6-12)7-5-11-4-3-9-14-11/h3-4,9-10H,5,7-8H2,1-2H3. The summed E-state index contributed by atoms with van der Waals surface area (Å²) in [5, 5.41) is 10.8. The monoisotopic (exact) mass is 208 g/mol. The molecule has 1 heterocycles. The Labute approximate surface area is 89.8 Å². The van der Waals surface area contributed by atoms with E-state index in [1.807, 2.05) is 0 Å².